The number of ether oxygens (including phenoxy) is 1. The van der Waals surface area contributed by atoms with Gasteiger partial charge in [-0.15, -0.1) is 13.2 Å². The van der Waals surface area contributed by atoms with E-state index in [-0.39, 0.29) is 5.56 Å². The molecule has 22 heavy (non-hydrogen) atoms. The van der Waals surface area contributed by atoms with E-state index >= 15 is 0 Å². The third-order valence-corrected chi connectivity index (χ3v) is 3.21. The zero-order chi connectivity index (χ0) is 16.3. The largest absolute Gasteiger partial charge is 0.573 e. The van der Waals surface area contributed by atoms with Gasteiger partial charge in [0.25, 0.3) is 0 Å². The van der Waals surface area contributed by atoms with Gasteiger partial charge in [-0.25, -0.2) is 0 Å². The second-order valence-corrected chi connectivity index (χ2v) is 5.15. The molecular weight excluding hydrogens is 291 g/mol. The lowest BCUT2D eigenvalue weighted by molar-refractivity contribution is -0.274. The summed E-state index contributed by atoms with van der Waals surface area (Å²) < 4.78 is 41.2. The Bertz CT molecular complexity index is 715. The smallest absolute Gasteiger partial charge is 0.404 e. The van der Waals surface area contributed by atoms with Gasteiger partial charge in [0.1, 0.15) is 11.8 Å². The van der Waals surface area contributed by atoms with Gasteiger partial charge in [-0.05, 0) is 34.7 Å². The van der Waals surface area contributed by atoms with Crippen LogP contribution in [0, 0.1) is 11.3 Å². The summed E-state index contributed by atoms with van der Waals surface area (Å²) >= 11 is 0. The fraction of sp³-hybridized carbons (Fsp3) is 0.235. The fourth-order valence-corrected chi connectivity index (χ4v) is 2.08. The van der Waals surface area contributed by atoms with Gasteiger partial charge in [0.15, 0.2) is 0 Å². The molecule has 0 spiro atoms. The molecule has 2 nitrogen and oxygen atoms in total. The molecule has 2 aromatic carbocycles. The third kappa shape index (κ3) is 3.79. The van der Waals surface area contributed by atoms with Crippen molar-refractivity contribution in [3.63, 3.8) is 0 Å². The highest BCUT2D eigenvalue weighted by atomic mass is 19.4. The maximum atomic E-state index is 12.4. The van der Waals surface area contributed by atoms with Crippen LogP contribution in [0.5, 0.6) is 5.75 Å². The average molecular weight is 305 g/mol. The first-order valence-electron chi connectivity index (χ1n) is 6.70. The Morgan fingerprint density at radius 1 is 1.05 bits per heavy atom. The molecule has 0 heterocycles. The van der Waals surface area contributed by atoms with Crippen LogP contribution in [0.25, 0.3) is 11.1 Å². The van der Waals surface area contributed by atoms with E-state index in [1.807, 2.05) is 38.1 Å². The molecule has 0 bridgehead atoms. The van der Waals surface area contributed by atoms with E-state index in [0.717, 1.165) is 11.1 Å². The van der Waals surface area contributed by atoms with Crippen LogP contribution in [0.4, 0.5) is 13.2 Å². The molecule has 0 aliphatic carbocycles. The Kier molecular flexibility index (Phi) is 4.41. The second kappa shape index (κ2) is 6.10. The number of hydrogen-bond donors (Lipinski definition) is 0. The molecule has 0 amide bonds. The van der Waals surface area contributed by atoms with Gasteiger partial charge in [0.05, 0.1) is 5.56 Å². The maximum Gasteiger partial charge on any atom is 0.573 e. The number of nitriles is 1. The maximum absolute atomic E-state index is 12.4. The number of hydrogen-bond acceptors (Lipinski definition) is 2. The van der Waals surface area contributed by atoms with E-state index in [1.165, 1.54) is 12.1 Å². The monoisotopic (exact) mass is 305 g/mol. The van der Waals surface area contributed by atoms with Crippen molar-refractivity contribution < 1.29 is 17.9 Å². The van der Waals surface area contributed by atoms with Crippen molar-refractivity contribution in [3.05, 3.63) is 53.6 Å². The zero-order valence-corrected chi connectivity index (χ0v) is 12.1. The van der Waals surface area contributed by atoms with Crippen molar-refractivity contribution in [3.8, 4) is 22.9 Å². The molecule has 2 rings (SSSR count). The zero-order valence-electron chi connectivity index (χ0n) is 12.1. The summed E-state index contributed by atoms with van der Waals surface area (Å²) in [5.41, 5.74) is 2.28. The first kappa shape index (κ1) is 15.9. The van der Waals surface area contributed by atoms with E-state index in [1.54, 1.807) is 12.1 Å². The summed E-state index contributed by atoms with van der Waals surface area (Å²) in [6.07, 6.45) is -4.83. The van der Waals surface area contributed by atoms with Crippen molar-refractivity contribution in [2.45, 2.75) is 26.1 Å². The van der Waals surface area contributed by atoms with Gasteiger partial charge in [-0.1, -0.05) is 44.2 Å². The summed E-state index contributed by atoms with van der Waals surface area (Å²) in [6.45, 7) is 4.08. The summed E-state index contributed by atoms with van der Waals surface area (Å²) in [5.74, 6) is -0.174. The van der Waals surface area contributed by atoms with E-state index in [2.05, 4.69) is 4.74 Å². The molecule has 0 aliphatic rings. The van der Waals surface area contributed by atoms with Gasteiger partial charge in [0.2, 0.25) is 0 Å². The summed E-state index contributed by atoms with van der Waals surface area (Å²) in [7, 11) is 0. The lowest BCUT2D eigenvalue weighted by atomic mass is 9.97. The van der Waals surface area contributed by atoms with Gasteiger partial charge in [-0.2, -0.15) is 5.26 Å². The van der Waals surface area contributed by atoms with Crippen LogP contribution in [0.3, 0.4) is 0 Å². The highest BCUT2D eigenvalue weighted by Crippen LogP contribution is 2.32. The third-order valence-electron chi connectivity index (χ3n) is 3.21. The minimum Gasteiger partial charge on any atom is -0.404 e. The van der Waals surface area contributed by atoms with Crippen LogP contribution in [0.1, 0.15) is 30.9 Å². The van der Waals surface area contributed by atoms with Crippen molar-refractivity contribution >= 4 is 0 Å². The van der Waals surface area contributed by atoms with Crippen LogP contribution >= 0.6 is 0 Å². The predicted molar refractivity (Wildman–Crippen MR) is 77.4 cm³/mol. The molecule has 0 unspecified atom stereocenters. The Balaban J connectivity index is 2.47. The Morgan fingerprint density at radius 2 is 1.73 bits per heavy atom. The van der Waals surface area contributed by atoms with E-state index in [4.69, 9.17) is 5.26 Å². The van der Waals surface area contributed by atoms with Gasteiger partial charge < -0.3 is 4.74 Å². The number of alkyl halides is 3. The number of benzene rings is 2. The minimum absolute atomic E-state index is 0.152. The Morgan fingerprint density at radius 3 is 2.32 bits per heavy atom. The molecule has 114 valence electrons. The predicted octanol–water partition coefficient (Wildman–Crippen LogP) is 5.25. The fourth-order valence-electron chi connectivity index (χ4n) is 2.08. The first-order chi connectivity index (χ1) is 10.3. The number of halogens is 3. The van der Waals surface area contributed by atoms with Crippen LogP contribution in [0.15, 0.2) is 42.5 Å². The molecule has 2 aromatic rings. The van der Waals surface area contributed by atoms with Crippen molar-refractivity contribution in [1.29, 1.82) is 5.26 Å². The quantitative estimate of drug-likeness (QED) is 0.776. The van der Waals surface area contributed by atoms with Crippen LogP contribution < -0.4 is 4.74 Å². The number of nitrogens with zero attached hydrogens (tertiary/aromatic N) is 1. The number of rotatable bonds is 3. The summed E-state index contributed by atoms with van der Waals surface area (Å²) in [4.78, 5) is 0. The molecule has 0 atom stereocenters. The standard InChI is InChI=1S/C17H14F3NO/c1-11(2)12-4-3-5-13(8-12)14-6-7-15(10-21)16(9-14)22-17(18,19)20/h3-9,11H,1-2H3. The average Bonchev–Trinajstić information content (AvgIpc) is 2.45. The lowest BCUT2D eigenvalue weighted by Gasteiger charge is -2.13. The van der Waals surface area contributed by atoms with Crippen LogP contribution in [-0.2, 0) is 0 Å². The molecular formula is C17H14F3NO. The SMILES string of the molecule is CC(C)c1cccc(-c2ccc(C#N)c(OC(F)(F)F)c2)c1. The van der Waals surface area contributed by atoms with E-state index < -0.39 is 12.1 Å². The van der Waals surface area contributed by atoms with Crippen molar-refractivity contribution in [1.82, 2.24) is 0 Å². The molecule has 0 aromatic heterocycles. The molecule has 0 saturated heterocycles. The van der Waals surface area contributed by atoms with Crippen molar-refractivity contribution in [2.75, 3.05) is 0 Å². The molecule has 0 N–H and O–H groups in total. The highest BCUT2D eigenvalue weighted by Gasteiger charge is 2.32. The van der Waals surface area contributed by atoms with E-state index in [0.29, 0.717) is 11.5 Å². The normalized spacial score (nSPS) is 11.3. The van der Waals surface area contributed by atoms with Crippen molar-refractivity contribution in [2.24, 2.45) is 0 Å². The van der Waals surface area contributed by atoms with E-state index in [9.17, 15) is 13.2 Å². The van der Waals surface area contributed by atoms with Crippen LogP contribution in [0.2, 0.25) is 0 Å². The summed E-state index contributed by atoms with van der Waals surface area (Å²) in [5, 5.41) is 8.90. The molecule has 0 fully saturated rings. The van der Waals surface area contributed by atoms with Crippen LogP contribution in [-0.4, -0.2) is 6.36 Å². The van der Waals surface area contributed by atoms with Gasteiger partial charge >= 0.3 is 6.36 Å². The van der Waals surface area contributed by atoms with Gasteiger partial charge in [-0.3, -0.25) is 0 Å². The molecule has 0 saturated carbocycles. The summed E-state index contributed by atoms with van der Waals surface area (Å²) in [6, 6.07) is 13.4. The Labute approximate surface area is 126 Å². The second-order valence-electron chi connectivity index (χ2n) is 5.15. The first-order valence-corrected chi connectivity index (χ1v) is 6.70. The topological polar surface area (TPSA) is 33.0 Å². The minimum atomic E-state index is -4.83. The molecule has 0 radical (unpaired) electrons. The molecule has 5 heteroatoms. The lowest BCUT2D eigenvalue weighted by Crippen LogP contribution is -2.17. The molecule has 0 aliphatic heterocycles. The highest BCUT2D eigenvalue weighted by molar-refractivity contribution is 5.68. The van der Waals surface area contributed by atoms with Gasteiger partial charge in [0, 0.05) is 0 Å². The Hall–Kier alpha value is -2.48.